The summed E-state index contributed by atoms with van der Waals surface area (Å²) in [4.78, 5) is 10.4. The molecule has 0 bridgehead atoms. The van der Waals surface area contributed by atoms with Crippen LogP contribution in [0, 0.1) is 5.92 Å². The molecule has 0 aromatic carbocycles. The fourth-order valence-corrected chi connectivity index (χ4v) is 0.976. The van der Waals surface area contributed by atoms with E-state index in [9.17, 15) is 9.90 Å². The summed E-state index contributed by atoms with van der Waals surface area (Å²) in [6, 6.07) is 0. The number of hydrogen-bond acceptors (Lipinski definition) is 2. The lowest BCUT2D eigenvalue weighted by Crippen LogP contribution is -2.36. The highest BCUT2D eigenvalue weighted by molar-refractivity contribution is 5.71. The zero-order chi connectivity index (χ0) is 8.36. The molecule has 3 nitrogen and oxygen atoms in total. The van der Waals surface area contributed by atoms with Gasteiger partial charge in [-0.05, 0) is 20.3 Å². The van der Waals surface area contributed by atoms with Crippen molar-refractivity contribution in [1.82, 2.24) is 0 Å². The van der Waals surface area contributed by atoms with Crippen LogP contribution in [0.15, 0.2) is 0 Å². The molecule has 0 rings (SSSR count). The highest BCUT2D eigenvalue weighted by Crippen LogP contribution is 2.19. The summed E-state index contributed by atoms with van der Waals surface area (Å²) in [6.45, 7) is 4.77. The average Bonchev–Trinajstić information content (AvgIpc) is 1.60. The van der Waals surface area contributed by atoms with Crippen LogP contribution in [-0.2, 0) is 4.79 Å². The monoisotopic (exact) mass is 146 g/mol. The van der Waals surface area contributed by atoms with Gasteiger partial charge in [-0.1, -0.05) is 6.92 Å². The van der Waals surface area contributed by atoms with Crippen molar-refractivity contribution in [2.45, 2.75) is 32.8 Å². The van der Waals surface area contributed by atoms with Gasteiger partial charge in [-0.25, -0.2) is 0 Å². The maximum Gasteiger partial charge on any atom is 0.309 e. The predicted octanol–water partition coefficient (Wildman–Crippen LogP) is 0.868. The number of carbonyl (C=O) groups is 1. The third-order valence-corrected chi connectivity index (χ3v) is 1.56. The smallest absolute Gasteiger partial charge is 0.309 e. The molecule has 0 saturated carbocycles. The molecule has 60 valence electrons. The zero-order valence-electron chi connectivity index (χ0n) is 6.59. The van der Waals surface area contributed by atoms with E-state index in [0.717, 1.165) is 0 Å². The summed E-state index contributed by atoms with van der Waals surface area (Å²) in [5.74, 6) is -1.59. The Hall–Kier alpha value is -0.570. The first-order valence-electron chi connectivity index (χ1n) is 3.34. The van der Waals surface area contributed by atoms with Gasteiger partial charge >= 0.3 is 5.97 Å². The molecule has 0 aliphatic carbocycles. The van der Waals surface area contributed by atoms with E-state index in [0.29, 0.717) is 6.42 Å². The Labute approximate surface area is 60.7 Å². The van der Waals surface area contributed by atoms with Crippen molar-refractivity contribution >= 4 is 5.97 Å². The van der Waals surface area contributed by atoms with Crippen molar-refractivity contribution in [1.29, 1.82) is 0 Å². The van der Waals surface area contributed by atoms with Gasteiger partial charge in [0.2, 0.25) is 0 Å². The Kier molecular flexibility index (Phi) is 2.84. The quantitative estimate of drug-likeness (QED) is 0.621. The standard InChI is InChI=1S/C7H14O3/c1-4-5(6(8)9)7(2,3)10/h5,10H,4H2,1-3H3,(H,8,9). The molecule has 0 aliphatic heterocycles. The van der Waals surface area contributed by atoms with E-state index in [1.807, 2.05) is 0 Å². The molecule has 3 heteroatoms. The van der Waals surface area contributed by atoms with Crippen LogP contribution in [0.5, 0.6) is 0 Å². The molecular weight excluding hydrogens is 132 g/mol. The Balaban J connectivity index is 4.22. The Bertz CT molecular complexity index is 123. The third-order valence-electron chi connectivity index (χ3n) is 1.56. The van der Waals surface area contributed by atoms with Gasteiger partial charge in [0.05, 0.1) is 11.5 Å². The van der Waals surface area contributed by atoms with Gasteiger partial charge in [0.1, 0.15) is 0 Å². The van der Waals surface area contributed by atoms with Crippen LogP contribution in [0.2, 0.25) is 0 Å². The van der Waals surface area contributed by atoms with Crippen LogP contribution < -0.4 is 0 Å². The van der Waals surface area contributed by atoms with Gasteiger partial charge in [-0.15, -0.1) is 0 Å². The molecule has 0 saturated heterocycles. The fraction of sp³-hybridized carbons (Fsp3) is 0.857. The second kappa shape index (κ2) is 3.01. The van der Waals surface area contributed by atoms with E-state index in [2.05, 4.69) is 0 Å². The Morgan fingerprint density at radius 3 is 2.00 bits per heavy atom. The molecule has 0 aliphatic rings. The van der Waals surface area contributed by atoms with Crippen LogP contribution in [0.3, 0.4) is 0 Å². The third kappa shape index (κ3) is 2.35. The van der Waals surface area contributed by atoms with Gasteiger partial charge < -0.3 is 10.2 Å². The summed E-state index contributed by atoms with van der Waals surface area (Å²) < 4.78 is 0. The van der Waals surface area contributed by atoms with Crippen LogP contribution in [0.1, 0.15) is 27.2 Å². The van der Waals surface area contributed by atoms with Crippen molar-refractivity contribution < 1.29 is 15.0 Å². The van der Waals surface area contributed by atoms with Crippen LogP contribution in [0.4, 0.5) is 0 Å². The predicted molar refractivity (Wildman–Crippen MR) is 37.7 cm³/mol. The van der Waals surface area contributed by atoms with Gasteiger partial charge in [0, 0.05) is 0 Å². The van der Waals surface area contributed by atoms with Crippen molar-refractivity contribution in [3.8, 4) is 0 Å². The highest BCUT2D eigenvalue weighted by Gasteiger charge is 2.31. The minimum Gasteiger partial charge on any atom is -0.481 e. The first kappa shape index (κ1) is 9.43. The maximum atomic E-state index is 10.4. The fourth-order valence-electron chi connectivity index (χ4n) is 0.976. The first-order chi connectivity index (χ1) is 4.39. The number of rotatable bonds is 3. The number of aliphatic carboxylic acids is 1. The maximum absolute atomic E-state index is 10.4. The van der Waals surface area contributed by atoms with E-state index in [1.165, 1.54) is 13.8 Å². The van der Waals surface area contributed by atoms with Crippen molar-refractivity contribution in [2.24, 2.45) is 5.92 Å². The van der Waals surface area contributed by atoms with E-state index in [1.54, 1.807) is 6.92 Å². The average molecular weight is 146 g/mol. The minimum absolute atomic E-state index is 0.457. The summed E-state index contributed by atoms with van der Waals surface area (Å²) in [5.41, 5.74) is -1.11. The number of hydrogen-bond donors (Lipinski definition) is 2. The molecule has 0 spiro atoms. The molecule has 0 amide bonds. The van der Waals surface area contributed by atoms with Crippen LogP contribution in [0.25, 0.3) is 0 Å². The molecule has 0 heterocycles. The van der Waals surface area contributed by atoms with E-state index in [-0.39, 0.29) is 0 Å². The Morgan fingerprint density at radius 2 is 2.00 bits per heavy atom. The molecule has 0 radical (unpaired) electrons. The second-order valence-corrected chi connectivity index (χ2v) is 2.95. The summed E-state index contributed by atoms with van der Waals surface area (Å²) in [6.07, 6.45) is 0.457. The first-order valence-corrected chi connectivity index (χ1v) is 3.34. The van der Waals surface area contributed by atoms with Gasteiger partial charge in [-0.2, -0.15) is 0 Å². The zero-order valence-corrected chi connectivity index (χ0v) is 6.59. The molecular formula is C7H14O3. The summed E-state index contributed by atoms with van der Waals surface area (Å²) in [7, 11) is 0. The lowest BCUT2D eigenvalue weighted by atomic mass is 9.89. The van der Waals surface area contributed by atoms with E-state index >= 15 is 0 Å². The Morgan fingerprint density at radius 1 is 1.60 bits per heavy atom. The molecule has 0 aromatic rings. The topological polar surface area (TPSA) is 57.5 Å². The molecule has 1 unspecified atom stereocenters. The van der Waals surface area contributed by atoms with E-state index in [4.69, 9.17) is 5.11 Å². The van der Waals surface area contributed by atoms with Gasteiger partial charge in [-0.3, -0.25) is 4.79 Å². The lowest BCUT2D eigenvalue weighted by molar-refractivity contribution is -0.150. The molecule has 10 heavy (non-hydrogen) atoms. The number of carboxylic acids is 1. The number of aliphatic hydroxyl groups is 1. The SMILES string of the molecule is CCC(C(=O)O)C(C)(C)O. The summed E-state index contributed by atoms with van der Waals surface area (Å²) >= 11 is 0. The molecule has 0 fully saturated rings. The minimum atomic E-state index is -1.11. The number of carboxylic acid groups (broad SMARTS) is 1. The normalized spacial score (nSPS) is 14.8. The second-order valence-electron chi connectivity index (χ2n) is 2.95. The lowest BCUT2D eigenvalue weighted by Gasteiger charge is -2.23. The van der Waals surface area contributed by atoms with Crippen LogP contribution >= 0.6 is 0 Å². The van der Waals surface area contributed by atoms with E-state index < -0.39 is 17.5 Å². The van der Waals surface area contributed by atoms with Gasteiger partial charge in [0.15, 0.2) is 0 Å². The van der Waals surface area contributed by atoms with Crippen molar-refractivity contribution in [2.75, 3.05) is 0 Å². The summed E-state index contributed by atoms with van der Waals surface area (Å²) in [5, 5.41) is 17.8. The largest absolute Gasteiger partial charge is 0.481 e. The molecule has 2 N–H and O–H groups in total. The molecule has 1 atom stereocenters. The van der Waals surface area contributed by atoms with Crippen molar-refractivity contribution in [3.05, 3.63) is 0 Å². The molecule has 0 aromatic heterocycles. The van der Waals surface area contributed by atoms with Crippen molar-refractivity contribution in [3.63, 3.8) is 0 Å². The highest BCUT2D eigenvalue weighted by atomic mass is 16.4. The van der Waals surface area contributed by atoms with Gasteiger partial charge in [0.25, 0.3) is 0 Å². The van der Waals surface area contributed by atoms with Crippen LogP contribution in [-0.4, -0.2) is 21.8 Å².